The molecule has 2 N–H and O–H groups in total. The first-order chi connectivity index (χ1) is 11.2. The molecule has 122 valence electrons. The molecular formula is C17H21FN4O. The standard InChI is InChI=1S/C17H21FN4O/c1-2-3-6-9-19-16-10-15(21-12-22-16)17(23)20-11-13-7-4-5-8-14(13)18/h4-5,7-8,10,12H,2-3,6,9,11H2,1H3,(H,20,23)(H,19,21,22). The van der Waals surface area contributed by atoms with Crippen molar-refractivity contribution in [2.45, 2.75) is 32.7 Å². The van der Waals surface area contributed by atoms with E-state index >= 15 is 0 Å². The number of benzene rings is 1. The number of nitrogens with zero attached hydrogens (tertiary/aromatic N) is 2. The van der Waals surface area contributed by atoms with Gasteiger partial charge in [0, 0.05) is 24.7 Å². The molecule has 0 aliphatic heterocycles. The van der Waals surface area contributed by atoms with Crippen molar-refractivity contribution in [1.29, 1.82) is 0 Å². The van der Waals surface area contributed by atoms with E-state index in [-0.39, 0.29) is 24.0 Å². The Kier molecular flexibility index (Phi) is 6.47. The minimum atomic E-state index is -0.354. The third-order valence-corrected chi connectivity index (χ3v) is 3.38. The number of rotatable bonds is 8. The van der Waals surface area contributed by atoms with Gasteiger partial charge in [0.2, 0.25) is 0 Å². The van der Waals surface area contributed by atoms with Crippen molar-refractivity contribution >= 4 is 11.7 Å². The van der Waals surface area contributed by atoms with E-state index in [1.165, 1.54) is 12.4 Å². The van der Waals surface area contributed by atoms with Gasteiger partial charge in [-0.15, -0.1) is 0 Å². The number of anilines is 1. The van der Waals surface area contributed by atoms with E-state index in [0.29, 0.717) is 11.4 Å². The number of amides is 1. The number of carbonyl (C=O) groups excluding carboxylic acids is 1. The van der Waals surface area contributed by atoms with Crippen LogP contribution in [-0.2, 0) is 6.54 Å². The van der Waals surface area contributed by atoms with Gasteiger partial charge in [-0.1, -0.05) is 38.0 Å². The number of hydrogen-bond donors (Lipinski definition) is 2. The molecule has 0 fully saturated rings. The summed E-state index contributed by atoms with van der Waals surface area (Å²) in [4.78, 5) is 20.2. The molecule has 0 radical (unpaired) electrons. The fraction of sp³-hybridized carbons (Fsp3) is 0.353. The summed E-state index contributed by atoms with van der Waals surface area (Å²) in [6.07, 6.45) is 4.69. The topological polar surface area (TPSA) is 66.9 Å². The minimum Gasteiger partial charge on any atom is -0.370 e. The molecule has 5 nitrogen and oxygen atoms in total. The van der Waals surface area contributed by atoms with Gasteiger partial charge in [-0.2, -0.15) is 0 Å². The largest absolute Gasteiger partial charge is 0.370 e. The molecule has 0 saturated carbocycles. The average molecular weight is 316 g/mol. The lowest BCUT2D eigenvalue weighted by Crippen LogP contribution is -2.24. The van der Waals surface area contributed by atoms with Crippen LogP contribution >= 0.6 is 0 Å². The van der Waals surface area contributed by atoms with Crippen molar-refractivity contribution in [2.75, 3.05) is 11.9 Å². The van der Waals surface area contributed by atoms with Crippen LogP contribution < -0.4 is 10.6 Å². The molecule has 0 saturated heterocycles. The fourth-order valence-corrected chi connectivity index (χ4v) is 2.08. The lowest BCUT2D eigenvalue weighted by molar-refractivity contribution is 0.0945. The van der Waals surface area contributed by atoms with Crippen LogP contribution in [0.1, 0.15) is 42.2 Å². The third-order valence-electron chi connectivity index (χ3n) is 3.38. The quantitative estimate of drug-likeness (QED) is 0.734. The predicted octanol–water partition coefficient (Wildman–Crippen LogP) is 3.15. The molecule has 0 aliphatic rings. The third kappa shape index (κ3) is 5.32. The molecule has 1 heterocycles. The number of aromatic nitrogens is 2. The molecule has 6 heteroatoms. The maximum absolute atomic E-state index is 13.5. The fourth-order valence-electron chi connectivity index (χ4n) is 2.08. The Bertz CT molecular complexity index is 648. The van der Waals surface area contributed by atoms with E-state index in [0.717, 1.165) is 25.8 Å². The van der Waals surface area contributed by atoms with Crippen LogP contribution in [0.2, 0.25) is 0 Å². The van der Waals surface area contributed by atoms with Gasteiger partial charge in [0.1, 0.15) is 23.7 Å². The maximum Gasteiger partial charge on any atom is 0.270 e. The number of halogens is 1. The predicted molar refractivity (Wildman–Crippen MR) is 87.6 cm³/mol. The summed E-state index contributed by atoms with van der Waals surface area (Å²) in [5.41, 5.74) is 0.696. The molecule has 0 aliphatic carbocycles. The highest BCUT2D eigenvalue weighted by Gasteiger charge is 2.09. The summed E-state index contributed by atoms with van der Waals surface area (Å²) in [6.45, 7) is 3.07. The van der Waals surface area contributed by atoms with Gasteiger partial charge in [-0.3, -0.25) is 4.79 Å². The number of nitrogens with one attached hydrogen (secondary N) is 2. The Hall–Kier alpha value is -2.50. The number of unbranched alkanes of at least 4 members (excludes halogenated alkanes) is 2. The van der Waals surface area contributed by atoms with Gasteiger partial charge in [-0.25, -0.2) is 14.4 Å². The van der Waals surface area contributed by atoms with Gasteiger partial charge in [0.15, 0.2) is 0 Å². The first-order valence-corrected chi connectivity index (χ1v) is 7.78. The summed E-state index contributed by atoms with van der Waals surface area (Å²) in [5, 5.41) is 5.83. The summed E-state index contributed by atoms with van der Waals surface area (Å²) >= 11 is 0. The Balaban J connectivity index is 1.90. The Morgan fingerprint density at radius 2 is 2.04 bits per heavy atom. The van der Waals surface area contributed by atoms with Gasteiger partial charge in [-0.05, 0) is 12.5 Å². The minimum absolute atomic E-state index is 0.120. The van der Waals surface area contributed by atoms with E-state index in [1.54, 1.807) is 24.3 Å². The van der Waals surface area contributed by atoms with Crippen molar-refractivity contribution < 1.29 is 9.18 Å². The Morgan fingerprint density at radius 3 is 2.83 bits per heavy atom. The molecule has 0 spiro atoms. The van der Waals surface area contributed by atoms with Crippen molar-refractivity contribution in [3.63, 3.8) is 0 Å². The average Bonchev–Trinajstić information content (AvgIpc) is 2.58. The van der Waals surface area contributed by atoms with E-state index in [9.17, 15) is 9.18 Å². The second-order valence-electron chi connectivity index (χ2n) is 5.20. The van der Waals surface area contributed by atoms with Crippen LogP contribution in [0.25, 0.3) is 0 Å². The molecule has 0 unspecified atom stereocenters. The van der Waals surface area contributed by atoms with Gasteiger partial charge in [0.05, 0.1) is 0 Å². The second-order valence-corrected chi connectivity index (χ2v) is 5.20. The van der Waals surface area contributed by atoms with Crippen LogP contribution in [-0.4, -0.2) is 22.4 Å². The highest BCUT2D eigenvalue weighted by atomic mass is 19.1. The highest BCUT2D eigenvalue weighted by Crippen LogP contribution is 2.08. The monoisotopic (exact) mass is 316 g/mol. The highest BCUT2D eigenvalue weighted by molar-refractivity contribution is 5.92. The van der Waals surface area contributed by atoms with E-state index in [2.05, 4.69) is 27.5 Å². The molecule has 0 bridgehead atoms. The van der Waals surface area contributed by atoms with Gasteiger partial charge in [0.25, 0.3) is 5.91 Å². The summed E-state index contributed by atoms with van der Waals surface area (Å²) < 4.78 is 13.5. The van der Waals surface area contributed by atoms with Crippen molar-refractivity contribution in [3.05, 3.63) is 53.7 Å². The zero-order valence-electron chi connectivity index (χ0n) is 13.2. The van der Waals surface area contributed by atoms with E-state index in [4.69, 9.17) is 0 Å². The van der Waals surface area contributed by atoms with Crippen molar-refractivity contribution in [3.8, 4) is 0 Å². The van der Waals surface area contributed by atoms with Gasteiger partial charge < -0.3 is 10.6 Å². The normalized spacial score (nSPS) is 10.3. The molecule has 1 amide bonds. The van der Waals surface area contributed by atoms with Crippen molar-refractivity contribution in [1.82, 2.24) is 15.3 Å². The molecule has 23 heavy (non-hydrogen) atoms. The van der Waals surface area contributed by atoms with Crippen molar-refractivity contribution in [2.24, 2.45) is 0 Å². The van der Waals surface area contributed by atoms with E-state index < -0.39 is 0 Å². The SMILES string of the molecule is CCCCCNc1cc(C(=O)NCc2ccccc2F)ncn1. The van der Waals surface area contributed by atoms with Crippen LogP contribution in [0.15, 0.2) is 36.7 Å². The molecule has 2 aromatic rings. The lowest BCUT2D eigenvalue weighted by atomic mass is 10.2. The molecule has 2 rings (SSSR count). The second kappa shape index (κ2) is 8.82. The van der Waals surface area contributed by atoms with Crippen LogP contribution in [0.5, 0.6) is 0 Å². The Labute approximate surface area is 135 Å². The summed E-state index contributed by atoms with van der Waals surface area (Å²) in [7, 11) is 0. The van der Waals surface area contributed by atoms with Crippen LogP contribution in [0.3, 0.4) is 0 Å². The summed E-state index contributed by atoms with van der Waals surface area (Å²) in [6, 6.07) is 7.94. The smallest absolute Gasteiger partial charge is 0.270 e. The molecule has 1 aromatic heterocycles. The molecule has 1 aromatic carbocycles. The zero-order valence-corrected chi connectivity index (χ0v) is 13.2. The lowest BCUT2D eigenvalue weighted by Gasteiger charge is -2.08. The summed E-state index contributed by atoms with van der Waals surface area (Å²) in [5.74, 6) is -0.0758. The number of hydrogen-bond acceptors (Lipinski definition) is 4. The maximum atomic E-state index is 13.5. The Morgan fingerprint density at radius 1 is 1.22 bits per heavy atom. The zero-order chi connectivity index (χ0) is 16.5. The van der Waals surface area contributed by atoms with Gasteiger partial charge >= 0.3 is 0 Å². The first kappa shape index (κ1) is 16.9. The first-order valence-electron chi connectivity index (χ1n) is 7.78. The van der Waals surface area contributed by atoms with E-state index in [1.807, 2.05) is 0 Å². The van der Waals surface area contributed by atoms with Crippen LogP contribution in [0.4, 0.5) is 10.2 Å². The number of carbonyl (C=O) groups is 1. The molecule has 0 atom stereocenters. The van der Waals surface area contributed by atoms with Crippen LogP contribution in [0, 0.1) is 5.82 Å². The molecular weight excluding hydrogens is 295 g/mol.